The number of hydrogen-bond acceptors (Lipinski definition) is 17. The number of H-pyrrole nitrogens is 2. The van der Waals surface area contributed by atoms with E-state index in [1.807, 2.05) is 273 Å². The third-order valence-electron chi connectivity index (χ3n) is 18.1. The Labute approximate surface area is 724 Å². The number of guanidine groups is 1. The fourth-order valence-electron chi connectivity index (χ4n) is 12.0. The van der Waals surface area contributed by atoms with E-state index in [-0.39, 0.29) is 37.9 Å². The largest absolute Gasteiger partial charge is 0.527 e. The van der Waals surface area contributed by atoms with Crippen LogP contribution in [0, 0.1) is 19.7 Å². The third-order valence-corrected chi connectivity index (χ3v) is 18.1. The SMILES string of the molecule is CCOC(=O)c1[nH]cc(Cc2ccccc2OCc2ccccc2)c1N.CCOC(=O)c1[nH]cc(Cc2ccccc2OCc2ccccc2)c1N=C(N)N.[C-]#[N+]/C(=C\NC(C(=O)OCC)C(=O)OCC)Cc1ccccc1OCc1ccccc1.[C-]#[N+]C(=CO)Cc1ccccc1OCc1ccccc1.[C-]#[N+]CCc1ccccc1OCc1ccccc1. The summed E-state index contributed by atoms with van der Waals surface area (Å²) in [5.74, 6) is 1.24. The number of nitrogen functional groups attached to an aromatic ring is 1. The van der Waals surface area contributed by atoms with Gasteiger partial charge >= 0.3 is 23.9 Å². The third kappa shape index (κ3) is 31.5. The van der Waals surface area contributed by atoms with Crippen molar-refractivity contribution in [2.75, 3.05) is 38.7 Å². The number of aliphatic hydroxyl groups is 1. The fourth-order valence-corrected chi connectivity index (χ4v) is 12.0. The molecular formula is C100H102N10O14. The molecule has 0 saturated heterocycles. The average Bonchev–Trinajstić information content (AvgIpc) is 1.67. The van der Waals surface area contributed by atoms with Crippen molar-refractivity contribution in [3.8, 4) is 28.7 Å². The van der Waals surface area contributed by atoms with Crippen molar-refractivity contribution in [1.29, 1.82) is 0 Å². The maximum absolute atomic E-state index is 12.2. The molecule has 10 aromatic carbocycles. The van der Waals surface area contributed by atoms with Crippen LogP contribution in [-0.2, 0) is 93.7 Å². The standard InChI is InChI=1S/C24H26N2O5.C22H24N4O3.C21H22N2O3.C17H15NO2.C16H15NO/c1-4-29-23(27)22(24(28)30-5-2)26-16-20(25-3)15-19-13-9-10-14-21(19)31-17-18-11-7-6-8-12-18;1-2-28-21(27)20-19(26-22(23)24)17(13-25-20)12-16-10-6-7-11-18(16)29-14-15-8-4-3-5-9-15;1-2-25-21(24)20-19(22)17(13-23-20)12-16-10-6-7-11-18(16)26-14-15-8-4-3-5-9-15;1-18-16(12-19)11-15-9-5-6-10-17(15)20-13-14-7-3-2-4-8-14;1-17-12-11-15-9-5-6-10-16(15)18-13-14-7-3-2-4-8-14/h6-14,16,22,26H,4-5,15,17H2,1-2H3;3-11,13,25H,2,12,14H2,1H3,(H4,23,24,26);3-11,13,23H,2,12,14,22H2,1H3;2-10,12,19H,11,13H2;2-10H,11-13H2/b20-16-;;;;. The molecule has 124 heavy (non-hydrogen) atoms. The maximum Gasteiger partial charge on any atom is 0.357 e. The van der Waals surface area contributed by atoms with E-state index >= 15 is 0 Å². The van der Waals surface area contributed by atoms with E-state index in [0.717, 1.165) is 102 Å². The lowest BCUT2D eigenvalue weighted by atomic mass is 10.0. The molecule has 0 saturated carbocycles. The first-order valence-corrected chi connectivity index (χ1v) is 40.1. The average molecular weight is 1670 g/mol. The Bertz CT molecular complexity index is 5500. The van der Waals surface area contributed by atoms with Crippen molar-refractivity contribution in [3.05, 3.63) is 422 Å². The Morgan fingerprint density at radius 2 is 0.726 bits per heavy atom. The predicted molar refractivity (Wildman–Crippen MR) is 480 cm³/mol. The highest BCUT2D eigenvalue weighted by Gasteiger charge is 2.29. The van der Waals surface area contributed by atoms with Gasteiger partial charge in [-0.2, -0.15) is 0 Å². The second-order valence-corrected chi connectivity index (χ2v) is 27.0. The van der Waals surface area contributed by atoms with Gasteiger partial charge < -0.3 is 85.1 Å². The topological polar surface area (TPSA) is 319 Å². The summed E-state index contributed by atoms with van der Waals surface area (Å²) in [7, 11) is 0. The van der Waals surface area contributed by atoms with Crippen molar-refractivity contribution in [1.82, 2.24) is 15.3 Å². The molecule has 0 amide bonds. The van der Waals surface area contributed by atoms with Gasteiger partial charge in [-0.1, -0.05) is 243 Å². The van der Waals surface area contributed by atoms with Gasteiger partial charge in [0.25, 0.3) is 0 Å². The van der Waals surface area contributed by atoms with Gasteiger partial charge in [0.05, 0.1) is 51.5 Å². The zero-order chi connectivity index (χ0) is 88.3. The zero-order valence-electron chi connectivity index (χ0n) is 69.7. The van der Waals surface area contributed by atoms with Gasteiger partial charge in [-0.25, -0.2) is 40.4 Å². The molecule has 12 aromatic rings. The molecule has 24 nitrogen and oxygen atoms in total. The van der Waals surface area contributed by atoms with Crippen LogP contribution >= 0.6 is 0 Å². The van der Waals surface area contributed by atoms with Crippen molar-refractivity contribution < 1.29 is 66.9 Å². The van der Waals surface area contributed by atoms with Gasteiger partial charge in [0.2, 0.25) is 18.3 Å². The Morgan fingerprint density at radius 3 is 1.09 bits per heavy atom. The van der Waals surface area contributed by atoms with Crippen LogP contribution in [0.4, 0.5) is 11.4 Å². The highest BCUT2D eigenvalue weighted by atomic mass is 16.6. The fraction of sp³-hybridized carbons (Fsp3) is 0.200. The van der Waals surface area contributed by atoms with Crippen LogP contribution in [0.1, 0.15) is 115 Å². The minimum absolute atomic E-state index is 0.127. The first-order valence-electron chi connectivity index (χ1n) is 40.1. The van der Waals surface area contributed by atoms with Crippen LogP contribution in [0.2, 0.25) is 0 Å². The number of aliphatic imine (C=N–C) groups is 1. The molecule has 0 unspecified atom stereocenters. The van der Waals surface area contributed by atoms with Gasteiger partial charge in [-0.3, -0.25) is 0 Å². The van der Waals surface area contributed by atoms with Gasteiger partial charge in [-0.15, -0.1) is 0 Å². The number of ether oxygens (including phenoxy) is 9. The number of nitrogens with one attached hydrogen (secondary N) is 3. The first-order chi connectivity index (χ1) is 60.6. The summed E-state index contributed by atoms with van der Waals surface area (Å²) in [5.41, 5.74) is 31.0. The smallest absolute Gasteiger partial charge is 0.357 e. The quantitative estimate of drug-likeness (QED) is 0.00365. The molecule has 12 rings (SSSR count). The predicted octanol–water partition coefficient (Wildman–Crippen LogP) is 18.7. The summed E-state index contributed by atoms with van der Waals surface area (Å²) < 4.78 is 49.5. The van der Waals surface area contributed by atoms with E-state index < -0.39 is 29.9 Å². The summed E-state index contributed by atoms with van der Waals surface area (Å²) in [5, 5.41) is 11.6. The number of aromatic amines is 2. The zero-order valence-corrected chi connectivity index (χ0v) is 69.7. The number of carbonyl (C=O) groups is 4. The Hall–Kier alpha value is -15.7. The first kappa shape index (κ1) is 93.8. The van der Waals surface area contributed by atoms with Crippen LogP contribution in [0.15, 0.2) is 314 Å². The number of allylic oxidation sites excluding steroid dienone is 2. The molecule has 0 aliphatic heterocycles. The number of para-hydroxylation sites is 5. The number of hydrogen-bond donors (Lipinski definition) is 7. The lowest BCUT2D eigenvalue weighted by Crippen LogP contribution is -2.43. The molecule has 2 heterocycles. The Kier molecular flexibility index (Phi) is 40.0. The van der Waals surface area contributed by atoms with Crippen molar-refractivity contribution in [2.45, 2.75) is 98.9 Å². The summed E-state index contributed by atoms with van der Waals surface area (Å²) in [4.78, 5) is 68.4. The summed E-state index contributed by atoms with van der Waals surface area (Å²) in [6.45, 7) is 31.8. The number of benzene rings is 10. The van der Waals surface area contributed by atoms with Crippen molar-refractivity contribution >= 4 is 41.2 Å². The molecule has 0 spiro atoms. The summed E-state index contributed by atoms with van der Waals surface area (Å²) in [6.07, 6.45) is 8.07. The van der Waals surface area contributed by atoms with E-state index in [1.165, 1.54) is 6.20 Å². The van der Waals surface area contributed by atoms with E-state index in [2.05, 4.69) is 34.8 Å². The van der Waals surface area contributed by atoms with E-state index in [4.69, 9.17) is 84.7 Å². The monoisotopic (exact) mass is 1670 g/mol. The number of aromatic nitrogens is 2. The highest BCUT2D eigenvalue weighted by molar-refractivity contribution is 5.99. The van der Waals surface area contributed by atoms with E-state index in [1.54, 1.807) is 40.1 Å². The number of nitrogens with zero attached hydrogens (tertiary/aromatic N) is 4. The van der Waals surface area contributed by atoms with Crippen LogP contribution in [0.25, 0.3) is 14.5 Å². The minimum Gasteiger partial charge on any atom is -0.527 e. The van der Waals surface area contributed by atoms with Gasteiger partial charge in [-0.05, 0) is 120 Å². The molecular weight excluding hydrogens is 1570 g/mol. The Morgan fingerprint density at radius 1 is 0.411 bits per heavy atom. The van der Waals surface area contributed by atoms with E-state index in [9.17, 15) is 19.2 Å². The maximum atomic E-state index is 12.2. The van der Waals surface area contributed by atoms with Gasteiger partial charge in [0, 0.05) is 55.6 Å². The number of aliphatic hydroxyl groups excluding tert-OH is 1. The number of rotatable bonds is 36. The van der Waals surface area contributed by atoms with Crippen molar-refractivity contribution in [3.63, 3.8) is 0 Å². The lowest BCUT2D eigenvalue weighted by Gasteiger charge is -2.15. The van der Waals surface area contributed by atoms with Crippen LogP contribution in [-0.4, -0.2) is 83.9 Å². The molecule has 0 aliphatic rings. The molecule has 0 aliphatic carbocycles. The number of carbonyl (C=O) groups excluding carboxylic acids is 4. The van der Waals surface area contributed by atoms with E-state index in [0.29, 0.717) is 99.7 Å². The molecule has 0 atom stereocenters. The number of anilines is 1. The Balaban J connectivity index is 0.000000195. The number of nitrogens with two attached hydrogens (primary N) is 3. The molecule has 0 bridgehead atoms. The second-order valence-electron chi connectivity index (χ2n) is 27.0. The van der Waals surface area contributed by atoms with Crippen LogP contribution in [0.5, 0.6) is 28.7 Å². The molecule has 0 fully saturated rings. The second kappa shape index (κ2) is 52.9. The van der Waals surface area contributed by atoms with Gasteiger partial charge in [0.15, 0.2) is 17.4 Å². The molecule has 0 radical (unpaired) electrons. The molecule has 10 N–H and O–H groups in total. The van der Waals surface area contributed by atoms with Gasteiger partial charge in [0.1, 0.15) is 73.2 Å². The highest BCUT2D eigenvalue weighted by Crippen LogP contribution is 2.33. The minimum atomic E-state index is -1.33. The lowest BCUT2D eigenvalue weighted by molar-refractivity contribution is -0.157. The summed E-state index contributed by atoms with van der Waals surface area (Å²) >= 11 is 0. The molecule has 24 heteroatoms. The normalized spacial score (nSPS) is 10.5. The van der Waals surface area contributed by atoms with Crippen LogP contribution < -0.4 is 46.2 Å². The molecule has 2 aromatic heterocycles. The van der Waals surface area contributed by atoms with Crippen LogP contribution in [0.3, 0.4) is 0 Å². The van der Waals surface area contributed by atoms with Crippen molar-refractivity contribution in [2.24, 2.45) is 16.5 Å². The summed E-state index contributed by atoms with van der Waals surface area (Å²) in [6, 6.07) is 86.9. The number of esters is 4. The molecule has 636 valence electrons.